The molecule has 0 aromatic heterocycles. The summed E-state index contributed by atoms with van der Waals surface area (Å²) in [5.41, 5.74) is 0.183. The van der Waals surface area contributed by atoms with E-state index in [-0.39, 0.29) is 35.6 Å². The summed E-state index contributed by atoms with van der Waals surface area (Å²) in [6, 6.07) is 4.01. The second-order valence-electron chi connectivity index (χ2n) is 5.48. The fourth-order valence-corrected chi connectivity index (χ4v) is 2.61. The van der Waals surface area contributed by atoms with Crippen LogP contribution in [0.15, 0.2) is 18.2 Å². The zero-order valence-corrected chi connectivity index (χ0v) is 13.3. The van der Waals surface area contributed by atoms with Gasteiger partial charge in [-0.25, -0.2) is 0 Å². The summed E-state index contributed by atoms with van der Waals surface area (Å²) in [4.78, 5) is 23.8. The number of halogens is 2. The van der Waals surface area contributed by atoms with E-state index in [1.807, 2.05) is 0 Å². The molecule has 0 saturated heterocycles. The molecule has 0 spiro atoms. The molecule has 24 heavy (non-hydrogen) atoms. The van der Waals surface area contributed by atoms with Gasteiger partial charge < -0.3 is 20.1 Å². The quantitative estimate of drug-likeness (QED) is 0.795. The largest absolute Gasteiger partial charge is 0.493 e. The summed E-state index contributed by atoms with van der Waals surface area (Å²) in [5, 5.41) is 5.35. The first kappa shape index (κ1) is 18.0. The van der Waals surface area contributed by atoms with E-state index in [1.54, 1.807) is 0 Å². The second kappa shape index (κ2) is 8.47. The Morgan fingerprint density at radius 2 is 1.96 bits per heavy atom. The van der Waals surface area contributed by atoms with E-state index in [4.69, 9.17) is 4.74 Å². The van der Waals surface area contributed by atoms with Crippen LogP contribution < -0.4 is 20.1 Å². The highest BCUT2D eigenvalue weighted by atomic mass is 19.3. The minimum atomic E-state index is -2.99. The van der Waals surface area contributed by atoms with Crippen molar-refractivity contribution in [2.24, 2.45) is 0 Å². The normalized spacial score (nSPS) is 14.5. The molecule has 0 atom stereocenters. The van der Waals surface area contributed by atoms with Crippen molar-refractivity contribution in [1.82, 2.24) is 10.6 Å². The molecule has 6 nitrogen and oxygen atoms in total. The maximum absolute atomic E-state index is 12.3. The fourth-order valence-electron chi connectivity index (χ4n) is 2.61. The average Bonchev–Trinajstić information content (AvgIpc) is 3.05. The third-order valence-electron chi connectivity index (χ3n) is 3.77. The summed E-state index contributed by atoms with van der Waals surface area (Å²) < 4.78 is 33.8. The van der Waals surface area contributed by atoms with Gasteiger partial charge in [-0.15, -0.1) is 0 Å². The summed E-state index contributed by atoms with van der Waals surface area (Å²) in [5.74, 6) is -0.903. The minimum absolute atomic E-state index is 0.0124. The number of hydrogen-bond acceptors (Lipinski definition) is 4. The molecule has 0 heterocycles. The van der Waals surface area contributed by atoms with Gasteiger partial charge in [0.25, 0.3) is 5.91 Å². The number of nitrogens with one attached hydrogen (secondary N) is 2. The smallest absolute Gasteiger partial charge is 0.387 e. The predicted molar refractivity (Wildman–Crippen MR) is 82.4 cm³/mol. The molecule has 2 rings (SSSR count). The van der Waals surface area contributed by atoms with Crippen LogP contribution in [0.1, 0.15) is 36.0 Å². The topological polar surface area (TPSA) is 76.7 Å². The number of methoxy groups -OCH3 is 1. The van der Waals surface area contributed by atoms with Crippen molar-refractivity contribution in [3.63, 3.8) is 0 Å². The second-order valence-corrected chi connectivity index (χ2v) is 5.48. The van der Waals surface area contributed by atoms with Gasteiger partial charge in [-0.2, -0.15) is 8.78 Å². The van der Waals surface area contributed by atoms with Crippen LogP contribution in [0.2, 0.25) is 0 Å². The monoisotopic (exact) mass is 342 g/mol. The lowest BCUT2D eigenvalue weighted by atomic mass is 10.2. The van der Waals surface area contributed by atoms with Gasteiger partial charge in [0.1, 0.15) is 0 Å². The van der Waals surface area contributed by atoms with Crippen LogP contribution >= 0.6 is 0 Å². The summed E-state index contributed by atoms with van der Waals surface area (Å²) in [7, 11) is 1.28. The van der Waals surface area contributed by atoms with Crippen molar-refractivity contribution >= 4 is 11.8 Å². The van der Waals surface area contributed by atoms with Crippen molar-refractivity contribution in [2.45, 2.75) is 38.3 Å². The zero-order chi connectivity index (χ0) is 17.5. The van der Waals surface area contributed by atoms with E-state index < -0.39 is 12.5 Å². The highest BCUT2D eigenvalue weighted by Gasteiger charge is 2.18. The molecule has 2 amide bonds. The average molecular weight is 342 g/mol. The molecule has 1 aliphatic rings. The number of carbonyl (C=O) groups excluding carboxylic acids is 2. The Kier molecular flexibility index (Phi) is 6.34. The fraction of sp³-hybridized carbons (Fsp3) is 0.500. The molecule has 1 fully saturated rings. The van der Waals surface area contributed by atoms with Crippen molar-refractivity contribution < 1.29 is 27.8 Å². The molecule has 0 unspecified atom stereocenters. The molecular formula is C16H20F2N2O4. The van der Waals surface area contributed by atoms with Gasteiger partial charge >= 0.3 is 6.61 Å². The van der Waals surface area contributed by atoms with E-state index in [9.17, 15) is 18.4 Å². The number of benzene rings is 1. The molecule has 1 saturated carbocycles. The van der Waals surface area contributed by atoms with Crippen LogP contribution in [0.25, 0.3) is 0 Å². The first-order valence-corrected chi connectivity index (χ1v) is 7.70. The summed E-state index contributed by atoms with van der Waals surface area (Å²) >= 11 is 0. The highest BCUT2D eigenvalue weighted by molar-refractivity contribution is 5.97. The van der Waals surface area contributed by atoms with Crippen molar-refractivity contribution in [2.75, 3.05) is 13.7 Å². The number of hydrogen-bond donors (Lipinski definition) is 2. The highest BCUT2D eigenvalue weighted by Crippen LogP contribution is 2.29. The van der Waals surface area contributed by atoms with Gasteiger partial charge in [-0.05, 0) is 31.0 Å². The SMILES string of the molecule is COc1cc(C(=O)NCC(=O)NC2CCCC2)ccc1OC(F)F. The number of carbonyl (C=O) groups is 2. The van der Waals surface area contributed by atoms with Gasteiger partial charge in [-0.1, -0.05) is 12.8 Å². The van der Waals surface area contributed by atoms with Crippen LogP contribution in [-0.2, 0) is 4.79 Å². The van der Waals surface area contributed by atoms with Crippen molar-refractivity contribution in [1.29, 1.82) is 0 Å². The van der Waals surface area contributed by atoms with E-state index in [0.29, 0.717) is 0 Å². The standard InChI is InChI=1S/C16H20F2N2O4/c1-23-13-8-10(6-7-12(13)24-16(17)18)15(22)19-9-14(21)20-11-4-2-3-5-11/h6-8,11,16H,2-5,9H2,1H3,(H,19,22)(H,20,21). The summed E-state index contributed by atoms with van der Waals surface area (Å²) in [6.07, 6.45) is 4.12. The molecule has 1 aromatic rings. The van der Waals surface area contributed by atoms with Gasteiger partial charge in [0.2, 0.25) is 5.91 Å². The number of amides is 2. The Bertz CT molecular complexity index is 589. The van der Waals surface area contributed by atoms with E-state index in [0.717, 1.165) is 25.7 Å². The molecule has 8 heteroatoms. The molecule has 0 radical (unpaired) electrons. The first-order chi connectivity index (χ1) is 11.5. The number of rotatable bonds is 7. The Balaban J connectivity index is 1.90. The van der Waals surface area contributed by atoms with Gasteiger partial charge in [0.15, 0.2) is 11.5 Å². The van der Waals surface area contributed by atoms with Crippen molar-refractivity contribution in [3.8, 4) is 11.5 Å². The maximum Gasteiger partial charge on any atom is 0.387 e. The zero-order valence-electron chi connectivity index (χ0n) is 13.3. The summed E-state index contributed by atoms with van der Waals surface area (Å²) in [6.45, 7) is -3.13. The lowest BCUT2D eigenvalue weighted by molar-refractivity contribution is -0.120. The minimum Gasteiger partial charge on any atom is -0.493 e. The Morgan fingerprint density at radius 3 is 2.58 bits per heavy atom. The van der Waals surface area contributed by atoms with Gasteiger partial charge in [-0.3, -0.25) is 9.59 Å². The van der Waals surface area contributed by atoms with Crippen LogP contribution in [0, 0.1) is 0 Å². The molecule has 1 aromatic carbocycles. The third kappa shape index (κ3) is 5.07. The maximum atomic E-state index is 12.3. The predicted octanol–water partition coefficient (Wildman–Crippen LogP) is 2.09. The number of alkyl halides is 2. The Morgan fingerprint density at radius 1 is 1.25 bits per heavy atom. The van der Waals surface area contributed by atoms with E-state index >= 15 is 0 Å². The van der Waals surface area contributed by atoms with Gasteiger partial charge in [0.05, 0.1) is 13.7 Å². The van der Waals surface area contributed by atoms with Crippen LogP contribution in [0.5, 0.6) is 11.5 Å². The molecule has 132 valence electrons. The lowest BCUT2D eigenvalue weighted by Crippen LogP contribution is -2.40. The molecule has 0 aliphatic heterocycles. The van der Waals surface area contributed by atoms with E-state index in [1.165, 1.54) is 25.3 Å². The lowest BCUT2D eigenvalue weighted by Gasteiger charge is -2.13. The van der Waals surface area contributed by atoms with Crippen LogP contribution in [0.3, 0.4) is 0 Å². The molecule has 2 N–H and O–H groups in total. The molecule has 0 bridgehead atoms. The van der Waals surface area contributed by atoms with Crippen LogP contribution in [-0.4, -0.2) is 38.1 Å². The molecular weight excluding hydrogens is 322 g/mol. The Labute approximate surface area is 138 Å². The third-order valence-corrected chi connectivity index (χ3v) is 3.77. The molecule has 1 aliphatic carbocycles. The van der Waals surface area contributed by atoms with E-state index in [2.05, 4.69) is 15.4 Å². The van der Waals surface area contributed by atoms with Crippen molar-refractivity contribution in [3.05, 3.63) is 23.8 Å². The van der Waals surface area contributed by atoms with Crippen LogP contribution in [0.4, 0.5) is 8.78 Å². The first-order valence-electron chi connectivity index (χ1n) is 7.70. The Hall–Kier alpha value is -2.38. The van der Waals surface area contributed by atoms with Gasteiger partial charge in [0, 0.05) is 11.6 Å². The number of ether oxygens (including phenoxy) is 2.